The number of halogens is 1. The zero-order chi connectivity index (χ0) is 16.4. The number of hydrogen-bond donors (Lipinski definition) is 1. The summed E-state index contributed by atoms with van der Waals surface area (Å²) in [4.78, 5) is 12.2. The summed E-state index contributed by atoms with van der Waals surface area (Å²) in [5, 5.41) is 10.5. The van der Waals surface area contributed by atoms with Crippen LogP contribution in [0.5, 0.6) is 0 Å². The van der Waals surface area contributed by atoms with Crippen molar-refractivity contribution < 1.29 is 9.21 Å². The third-order valence-corrected chi connectivity index (χ3v) is 3.69. The Morgan fingerprint density at radius 1 is 1.09 bits per heavy atom. The molecule has 1 amide bonds. The molecule has 0 radical (unpaired) electrons. The summed E-state index contributed by atoms with van der Waals surface area (Å²) in [5.41, 5.74) is 3.55. The summed E-state index contributed by atoms with van der Waals surface area (Å²) < 4.78 is 6.36. The quantitative estimate of drug-likeness (QED) is 0.742. The van der Waals surface area contributed by atoms with Gasteiger partial charge in [0.1, 0.15) is 0 Å². The molecule has 2 aromatic carbocycles. The lowest BCUT2D eigenvalue weighted by atomic mass is 10.1. The van der Waals surface area contributed by atoms with E-state index in [0.717, 1.165) is 21.2 Å². The van der Waals surface area contributed by atoms with Crippen molar-refractivity contribution in [2.45, 2.75) is 13.8 Å². The fraction of sp³-hybridized carbons (Fsp3) is 0.118. The lowest BCUT2D eigenvalue weighted by molar-refractivity contribution is 0.102. The number of rotatable bonds is 3. The third-order valence-electron chi connectivity index (χ3n) is 3.20. The first kappa shape index (κ1) is 15.4. The van der Waals surface area contributed by atoms with Crippen LogP contribution in [-0.4, -0.2) is 16.1 Å². The van der Waals surface area contributed by atoms with Crippen LogP contribution in [0, 0.1) is 13.8 Å². The Balaban J connectivity index is 1.81. The van der Waals surface area contributed by atoms with Crippen molar-refractivity contribution in [3.05, 3.63) is 63.6 Å². The number of amides is 1. The SMILES string of the molecule is Cc1cc(C)cc(-c2nnc(NC(=O)c3cccc(Br)c3)o2)c1. The molecule has 0 aliphatic rings. The minimum absolute atomic E-state index is 0.0733. The van der Waals surface area contributed by atoms with E-state index in [0.29, 0.717) is 11.5 Å². The maximum absolute atomic E-state index is 12.2. The second-order valence-electron chi connectivity index (χ2n) is 5.25. The minimum Gasteiger partial charge on any atom is -0.403 e. The molecule has 1 aromatic heterocycles. The van der Waals surface area contributed by atoms with Gasteiger partial charge in [0.2, 0.25) is 5.89 Å². The molecule has 0 spiro atoms. The average Bonchev–Trinajstić information content (AvgIpc) is 2.95. The van der Waals surface area contributed by atoms with Gasteiger partial charge in [-0.15, -0.1) is 5.10 Å². The van der Waals surface area contributed by atoms with Crippen molar-refractivity contribution in [2.75, 3.05) is 5.32 Å². The van der Waals surface area contributed by atoms with Gasteiger partial charge in [-0.25, -0.2) is 0 Å². The van der Waals surface area contributed by atoms with Crippen LogP contribution in [0.2, 0.25) is 0 Å². The van der Waals surface area contributed by atoms with Gasteiger partial charge in [-0.3, -0.25) is 10.1 Å². The number of nitrogens with zero attached hydrogens (tertiary/aromatic N) is 2. The number of carbonyl (C=O) groups excluding carboxylic acids is 1. The lowest BCUT2D eigenvalue weighted by Gasteiger charge is -2.01. The first-order valence-corrected chi connectivity index (χ1v) is 7.79. The van der Waals surface area contributed by atoms with Crippen molar-refractivity contribution in [2.24, 2.45) is 0 Å². The minimum atomic E-state index is -0.304. The summed E-state index contributed by atoms with van der Waals surface area (Å²) in [5.74, 6) is 0.0725. The predicted octanol–water partition coefficient (Wildman–Crippen LogP) is 4.37. The highest BCUT2D eigenvalue weighted by Gasteiger charge is 2.13. The lowest BCUT2D eigenvalue weighted by Crippen LogP contribution is -2.11. The van der Waals surface area contributed by atoms with Gasteiger partial charge in [-0.05, 0) is 44.2 Å². The molecule has 0 fully saturated rings. The van der Waals surface area contributed by atoms with E-state index >= 15 is 0 Å². The van der Waals surface area contributed by atoms with E-state index in [-0.39, 0.29) is 11.9 Å². The molecule has 5 nitrogen and oxygen atoms in total. The molecule has 0 saturated carbocycles. The van der Waals surface area contributed by atoms with Crippen LogP contribution >= 0.6 is 15.9 Å². The van der Waals surface area contributed by atoms with Gasteiger partial charge in [0, 0.05) is 15.6 Å². The molecule has 0 unspecified atom stereocenters. The number of aromatic nitrogens is 2. The second kappa shape index (κ2) is 6.34. The van der Waals surface area contributed by atoms with Crippen LogP contribution in [0.4, 0.5) is 6.01 Å². The molecule has 3 aromatic rings. The molecule has 0 aliphatic heterocycles. The molecular formula is C17H14BrN3O2. The van der Waals surface area contributed by atoms with Gasteiger partial charge in [-0.2, -0.15) is 0 Å². The van der Waals surface area contributed by atoms with Gasteiger partial charge >= 0.3 is 6.01 Å². The first-order chi connectivity index (χ1) is 11.0. The Morgan fingerprint density at radius 3 is 2.52 bits per heavy atom. The average molecular weight is 372 g/mol. The smallest absolute Gasteiger partial charge is 0.322 e. The van der Waals surface area contributed by atoms with Crippen LogP contribution in [0.3, 0.4) is 0 Å². The first-order valence-electron chi connectivity index (χ1n) is 7.00. The zero-order valence-electron chi connectivity index (χ0n) is 12.6. The van der Waals surface area contributed by atoms with E-state index in [1.54, 1.807) is 18.2 Å². The largest absolute Gasteiger partial charge is 0.403 e. The fourth-order valence-electron chi connectivity index (χ4n) is 2.29. The van der Waals surface area contributed by atoms with E-state index in [9.17, 15) is 4.79 Å². The number of hydrogen-bond acceptors (Lipinski definition) is 4. The van der Waals surface area contributed by atoms with Gasteiger partial charge in [-0.1, -0.05) is 44.3 Å². The third kappa shape index (κ3) is 3.65. The standard InChI is InChI=1S/C17H14BrN3O2/c1-10-6-11(2)8-13(7-10)16-20-21-17(23-16)19-15(22)12-4-3-5-14(18)9-12/h3-9H,1-2H3,(H,19,21,22). The molecular weight excluding hydrogens is 358 g/mol. The normalized spacial score (nSPS) is 10.6. The Kier molecular flexibility index (Phi) is 4.25. The van der Waals surface area contributed by atoms with E-state index in [2.05, 4.69) is 37.5 Å². The number of anilines is 1. The molecule has 0 saturated heterocycles. The van der Waals surface area contributed by atoms with E-state index in [1.165, 1.54) is 0 Å². The van der Waals surface area contributed by atoms with E-state index in [4.69, 9.17) is 4.42 Å². The van der Waals surface area contributed by atoms with E-state index in [1.807, 2.05) is 32.0 Å². The number of benzene rings is 2. The number of carbonyl (C=O) groups is 1. The summed E-state index contributed by atoms with van der Waals surface area (Å²) in [6.45, 7) is 4.01. The summed E-state index contributed by atoms with van der Waals surface area (Å²) in [7, 11) is 0. The highest BCUT2D eigenvalue weighted by Crippen LogP contribution is 2.23. The Bertz CT molecular complexity index is 854. The maximum atomic E-state index is 12.2. The number of aryl methyl sites for hydroxylation is 2. The van der Waals surface area contributed by atoms with Gasteiger partial charge < -0.3 is 4.42 Å². The Labute approximate surface area is 141 Å². The molecule has 0 atom stereocenters. The van der Waals surface area contributed by atoms with Crippen molar-refractivity contribution in [1.82, 2.24) is 10.2 Å². The molecule has 6 heteroatoms. The molecule has 1 heterocycles. The van der Waals surface area contributed by atoms with Crippen molar-refractivity contribution in [3.8, 4) is 11.5 Å². The van der Waals surface area contributed by atoms with Crippen LogP contribution in [0.15, 0.2) is 51.4 Å². The van der Waals surface area contributed by atoms with Crippen LogP contribution < -0.4 is 5.32 Å². The highest BCUT2D eigenvalue weighted by atomic mass is 79.9. The van der Waals surface area contributed by atoms with Crippen molar-refractivity contribution >= 4 is 27.9 Å². The Hall–Kier alpha value is -2.47. The maximum Gasteiger partial charge on any atom is 0.322 e. The molecule has 3 rings (SSSR count). The summed E-state index contributed by atoms with van der Waals surface area (Å²) in [6.07, 6.45) is 0. The van der Waals surface area contributed by atoms with Gasteiger partial charge in [0.25, 0.3) is 5.91 Å². The van der Waals surface area contributed by atoms with Gasteiger partial charge in [0.05, 0.1) is 0 Å². The topological polar surface area (TPSA) is 68.0 Å². The van der Waals surface area contributed by atoms with Crippen molar-refractivity contribution in [1.29, 1.82) is 0 Å². The van der Waals surface area contributed by atoms with Crippen LogP contribution in [-0.2, 0) is 0 Å². The molecule has 0 aliphatic carbocycles. The van der Waals surface area contributed by atoms with Crippen molar-refractivity contribution in [3.63, 3.8) is 0 Å². The molecule has 116 valence electrons. The summed E-state index contributed by atoms with van der Waals surface area (Å²) in [6, 6.07) is 13.1. The predicted molar refractivity (Wildman–Crippen MR) is 91.3 cm³/mol. The molecule has 23 heavy (non-hydrogen) atoms. The monoisotopic (exact) mass is 371 g/mol. The van der Waals surface area contributed by atoms with E-state index < -0.39 is 0 Å². The van der Waals surface area contributed by atoms with Crippen LogP contribution in [0.1, 0.15) is 21.5 Å². The van der Waals surface area contributed by atoms with Gasteiger partial charge in [0.15, 0.2) is 0 Å². The number of nitrogens with one attached hydrogen (secondary N) is 1. The second-order valence-corrected chi connectivity index (χ2v) is 6.17. The summed E-state index contributed by atoms with van der Waals surface area (Å²) >= 11 is 3.33. The van der Waals surface area contributed by atoms with Crippen LogP contribution in [0.25, 0.3) is 11.5 Å². The highest BCUT2D eigenvalue weighted by molar-refractivity contribution is 9.10. The molecule has 1 N–H and O–H groups in total. The molecule has 0 bridgehead atoms. The fourth-order valence-corrected chi connectivity index (χ4v) is 2.69. The Morgan fingerprint density at radius 2 is 1.83 bits per heavy atom. The zero-order valence-corrected chi connectivity index (χ0v) is 14.2.